The first-order valence-corrected chi connectivity index (χ1v) is 6.93. The number of thioether (sulfide) groups is 1. The van der Waals surface area contributed by atoms with Crippen LogP contribution >= 0.6 is 11.8 Å². The normalized spacial score (nSPS) is 11.9. The van der Waals surface area contributed by atoms with E-state index in [2.05, 4.69) is 0 Å². The van der Waals surface area contributed by atoms with Crippen LogP contribution in [0.5, 0.6) is 5.75 Å². The van der Waals surface area contributed by atoms with E-state index < -0.39 is 0 Å². The standard InChI is InChI=1S/C16H16O2S/c1-12(13-6-4-3-5-7-13)16(17)19-15-10-8-14(18-2)9-11-15/h3-12H,1-2H3. The highest BCUT2D eigenvalue weighted by Crippen LogP contribution is 2.28. The average Bonchev–Trinajstić information content (AvgIpc) is 2.48. The molecule has 0 radical (unpaired) electrons. The Morgan fingerprint density at radius 2 is 1.68 bits per heavy atom. The molecule has 3 heteroatoms. The molecule has 2 aromatic carbocycles. The summed E-state index contributed by atoms with van der Waals surface area (Å²) in [5, 5.41) is 0.149. The van der Waals surface area contributed by atoms with Crippen LogP contribution in [-0.4, -0.2) is 12.2 Å². The number of hydrogen-bond acceptors (Lipinski definition) is 3. The number of carbonyl (C=O) groups excluding carboxylic acids is 1. The van der Waals surface area contributed by atoms with Crippen molar-refractivity contribution in [3.05, 3.63) is 60.2 Å². The van der Waals surface area contributed by atoms with Crippen molar-refractivity contribution < 1.29 is 9.53 Å². The quantitative estimate of drug-likeness (QED) is 0.783. The maximum absolute atomic E-state index is 12.2. The molecule has 0 N–H and O–H groups in total. The molecule has 0 aliphatic heterocycles. The second kappa shape index (κ2) is 6.43. The van der Waals surface area contributed by atoms with E-state index in [9.17, 15) is 4.79 Å². The van der Waals surface area contributed by atoms with Gasteiger partial charge in [-0.1, -0.05) is 49.0 Å². The van der Waals surface area contributed by atoms with Gasteiger partial charge in [-0.05, 0) is 29.8 Å². The van der Waals surface area contributed by atoms with Crippen LogP contribution < -0.4 is 4.74 Å². The van der Waals surface area contributed by atoms with E-state index in [0.29, 0.717) is 0 Å². The lowest BCUT2D eigenvalue weighted by molar-refractivity contribution is -0.111. The zero-order valence-corrected chi connectivity index (χ0v) is 11.8. The molecule has 0 saturated heterocycles. The van der Waals surface area contributed by atoms with Gasteiger partial charge in [0.2, 0.25) is 5.12 Å². The molecule has 0 aliphatic carbocycles. The van der Waals surface area contributed by atoms with Crippen LogP contribution in [0.1, 0.15) is 18.4 Å². The number of methoxy groups -OCH3 is 1. The number of rotatable bonds is 4. The summed E-state index contributed by atoms with van der Waals surface area (Å²) < 4.78 is 5.10. The highest BCUT2D eigenvalue weighted by atomic mass is 32.2. The maximum Gasteiger partial charge on any atom is 0.200 e. The fraction of sp³-hybridized carbons (Fsp3) is 0.188. The first-order chi connectivity index (χ1) is 9.20. The van der Waals surface area contributed by atoms with E-state index in [-0.39, 0.29) is 11.0 Å². The lowest BCUT2D eigenvalue weighted by Gasteiger charge is -2.10. The van der Waals surface area contributed by atoms with Gasteiger partial charge in [0.05, 0.1) is 13.0 Å². The van der Waals surface area contributed by atoms with Crippen LogP contribution in [0.2, 0.25) is 0 Å². The Morgan fingerprint density at radius 3 is 2.26 bits per heavy atom. The molecule has 98 valence electrons. The minimum absolute atomic E-state index is 0.103. The van der Waals surface area contributed by atoms with Crippen molar-refractivity contribution >= 4 is 16.9 Å². The summed E-state index contributed by atoms with van der Waals surface area (Å²) in [5.74, 6) is 0.696. The average molecular weight is 272 g/mol. The van der Waals surface area contributed by atoms with Gasteiger partial charge in [0.15, 0.2) is 0 Å². The van der Waals surface area contributed by atoms with Crippen molar-refractivity contribution in [2.45, 2.75) is 17.7 Å². The summed E-state index contributed by atoms with van der Waals surface area (Å²) in [6, 6.07) is 17.4. The van der Waals surface area contributed by atoms with Gasteiger partial charge in [-0.3, -0.25) is 4.79 Å². The van der Waals surface area contributed by atoms with E-state index in [1.54, 1.807) is 7.11 Å². The molecule has 2 rings (SSSR count). The topological polar surface area (TPSA) is 26.3 Å². The van der Waals surface area contributed by atoms with Gasteiger partial charge in [0.25, 0.3) is 0 Å². The molecule has 0 aliphatic rings. The predicted octanol–water partition coefficient (Wildman–Crippen LogP) is 4.12. The van der Waals surface area contributed by atoms with Crippen LogP contribution in [-0.2, 0) is 4.79 Å². The molecule has 0 fully saturated rings. The van der Waals surface area contributed by atoms with Gasteiger partial charge >= 0.3 is 0 Å². The molecular weight excluding hydrogens is 256 g/mol. The number of benzene rings is 2. The molecule has 19 heavy (non-hydrogen) atoms. The summed E-state index contributed by atoms with van der Waals surface area (Å²) in [7, 11) is 1.63. The maximum atomic E-state index is 12.2. The van der Waals surface area contributed by atoms with Crippen molar-refractivity contribution in [3.63, 3.8) is 0 Å². The summed E-state index contributed by atoms with van der Waals surface area (Å²) >= 11 is 1.27. The summed E-state index contributed by atoms with van der Waals surface area (Å²) in [6.45, 7) is 1.94. The van der Waals surface area contributed by atoms with Crippen molar-refractivity contribution in [3.8, 4) is 5.75 Å². The number of ether oxygens (including phenoxy) is 1. The zero-order chi connectivity index (χ0) is 13.7. The fourth-order valence-corrected chi connectivity index (χ4v) is 2.54. The second-order valence-corrected chi connectivity index (χ2v) is 5.31. The minimum atomic E-state index is -0.103. The van der Waals surface area contributed by atoms with Gasteiger partial charge in [-0.15, -0.1) is 0 Å². The summed E-state index contributed by atoms with van der Waals surface area (Å²) in [6.07, 6.45) is 0. The predicted molar refractivity (Wildman–Crippen MR) is 78.7 cm³/mol. The molecule has 0 bridgehead atoms. The molecule has 0 spiro atoms. The minimum Gasteiger partial charge on any atom is -0.497 e. The lowest BCUT2D eigenvalue weighted by Crippen LogP contribution is -2.04. The van der Waals surface area contributed by atoms with Gasteiger partial charge in [0, 0.05) is 4.90 Å². The molecule has 2 nitrogen and oxygen atoms in total. The van der Waals surface area contributed by atoms with Crippen molar-refractivity contribution in [2.24, 2.45) is 0 Å². The first-order valence-electron chi connectivity index (χ1n) is 6.11. The third-order valence-electron chi connectivity index (χ3n) is 2.93. The van der Waals surface area contributed by atoms with Crippen LogP contribution in [0.3, 0.4) is 0 Å². The van der Waals surface area contributed by atoms with E-state index >= 15 is 0 Å². The molecule has 0 heterocycles. The third-order valence-corrected chi connectivity index (χ3v) is 3.99. The van der Waals surface area contributed by atoms with Crippen molar-refractivity contribution in [2.75, 3.05) is 7.11 Å². The smallest absolute Gasteiger partial charge is 0.200 e. The number of hydrogen-bond donors (Lipinski definition) is 0. The molecule has 0 amide bonds. The van der Waals surface area contributed by atoms with E-state index in [4.69, 9.17) is 4.74 Å². The Morgan fingerprint density at radius 1 is 1.05 bits per heavy atom. The van der Waals surface area contributed by atoms with E-state index in [1.807, 2.05) is 61.5 Å². The van der Waals surface area contributed by atoms with Crippen LogP contribution in [0.4, 0.5) is 0 Å². The summed E-state index contributed by atoms with van der Waals surface area (Å²) in [5.41, 5.74) is 1.05. The first kappa shape index (κ1) is 13.7. The van der Waals surface area contributed by atoms with Gasteiger partial charge in [-0.2, -0.15) is 0 Å². The van der Waals surface area contributed by atoms with Crippen LogP contribution in [0.15, 0.2) is 59.5 Å². The SMILES string of the molecule is COc1ccc(SC(=O)C(C)c2ccccc2)cc1. The Balaban J connectivity index is 2.04. The van der Waals surface area contributed by atoms with Gasteiger partial charge in [0.1, 0.15) is 5.75 Å². The van der Waals surface area contributed by atoms with Gasteiger partial charge in [-0.25, -0.2) is 0 Å². The largest absolute Gasteiger partial charge is 0.497 e. The fourth-order valence-electron chi connectivity index (χ4n) is 1.73. The molecule has 2 aromatic rings. The van der Waals surface area contributed by atoms with Gasteiger partial charge < -0.3 is 4.74 Å². The Kier molecular flexibility index (Phi) is 4.63. The molecule has 1 unspecified atom stereocenters. The number of carbonyl (C=O) groups is 1. The Hall–Kier alpha value is -1.74. The lowest BCUT2D eigenvalue weighted by atomic mass is 10.0. The second-order valence-electron chi connectivity index (χ2n) is 4.23. The Labute approximate surface area is 117 Å². The van der Waals surface area contributed by atoms with E-state index in [1.165, 1.54) is 11.8 Å². The molecule has 0 saturated carbocycles. The van der Waals surface area contributed by atoms with Crippen LogP contribution in [0, 0.1) is 0 Å². The molecule has 1 atom stereocenters. The third kappa shape index (κ3) is 3.61. The summed E-state index contributed by atoms with van der Waals surface area (Å²) in [4.78, 5) is 13.1. The van der Waals surface area contributed by atoms with E-state index in [0.717, 1.165) is 16.2 Å². The molecule has 0 aromatic heterocycles. The molecular formula is C16H16O2S. The van der Waals surface area contributed by atoms with Crippen molar-refractivity contribution in [1.82, 2.24) is 0 Å². The van der Waals surface area contributed by atoms with Crippen molar-refractivity contribution in [1.29, 1.82) is 0 Å². The highest BCUT2D eigenvalue weighted by Gasteiger charge is 2.16. The highest BCUT2D eigenvalue weighted by molar-refractivity contribution is 8.13. The zero-order valence-electron chi connectivity index (χ0n) is 11.0. The monoisotopic (exact) mass is 272 g/mol. The van der Waals surface area contributed by atoms with Crippen LogP contribution in [0.25, 0.3) is 0 Å². The Bertz CT molecular complexity index is 534.